The number of hydrogen-bond donors (Lipinski definition) is 1. The van der Waals surface area contributed by atoms with E-state index >= 15 is 0 Å². The highest BCUT2D eigenvalue weighted by Gasteiger charge is 2.34. The summed E-state index contributed by atoms with van der Waals surface area (Å²) < 4.78 is 5.96. The van der Waals surface area contributed by atoms with E-state index in [4.69, 9.17) is 16.3 Å². The lowest BCUT2D eigenvalue weighted by molar-refractivity contribution is -0.138. The van der Waals surface area contributed by atoms with Crippen LogP contribution < -0.4 is 9.64 Å². The van der Waals surface area contributed by atoms with E-state index in [1.54, 1.807) is 41.3 Å². The monoisotopic (exact) mass is 434 g/mol. The van der Waals surface area contributed by atoms with Gasteiger partial charge in [-0.25, -0.2) is 0 Å². The van der Waals surface area contributed by atoms with E-state index in [0.29, 0.717) is 40.7 Å². The normalized spacial score (nSPS) is 13.7. The summed E-state index contributed by atoms with van der Waals surface area (Å²) in [6.45, 7) is 4.38. The minimum absolute atomic E-state index is 0.194. The van der Waals surface area contributed by atoms with Crippen molar-refractivity contribution in [3.63, 3.8) is 0 Å². The van der Waals surface area contributed by atoms with E-state index in [1.165, 1.54) is 0 Å². The average molecular weight is 435 g/mol. The second-order valence-corrected chi connectivity index (χ2v) is 7.74. The van der Waals surface area contributed by atoms with Crippen molar-refractivity contribution in [1.82, 2.24) is 0 Å². The summed E-state index contributed by atoms with van der Waals surface area (Å²) in [5.41, 5.74) is 3.52. The van der Waals surface area contributed by atoms with Crippen LogP contribution in [-0.4, -0.2) is 17.0 Å². The second-order valence-electron chi connectivity index (χ2n) is 7.34. The third-order valence-electron chi connectivity index (χ3n) is 5.42. The lowest BCUT2D eigenvalue weighted by Crippen LogP contribution is -2.23. The van der Waals surface area contributed by atoms with Crippen LogP contribution in [-0.2, 0) is 17.9 Å². The molecule has 5 nitrogen and oxygen atoms in total. The van der Waals surface area contributed by atoms with Gasteiger partial charge in [0.25, 0.3) is 5.91 Å². The quantitative estimate of drug-likeness (QED) is 0.535. The van der Waals surface area contributed by atoms with Crippen LogP contribution in [0.3, 0.4) is 0 Å². The first-order valence-electron chi connectivity index (χ1n) is 9.91. The maximum atomic E-state index is 13.2. The highest BCUT2D eigenvalue weighted by atomic mass is 35.5. The Morgan fingerprint density at radius 2 is 1.81 bits per heavy atom. The predicted molar refractivity (Wildman–Crippen MR) is 120 cm³/mol. The molecule has 157 valence electrons. The Balaban J connectivity index is 1.59. The van der Waals surface area contributed by atoms with Gasteiger partial charge in [-0.1, -0.05) is 61.0 Å². The van der Waals surface area contributed by atoms with Crippen LogP contribution in [0.2, 0.25) is 5.02 Å². The van der Waals surface area contributed by atoms with Crippen LogP contribution in [0.15, 0.2) is 66.7 Å². The molecule has 3 aromatic carbocycles. The molecule has 0 aliphatic carbocycles. The first kappa shape index (κ1) is 20.9. The number of carbonyl (C=O) groups is 2. The zero-order valence-electron chi connectivity index (χ0n) is 16.8. The molecule has 1 heterocycles. The van der Waals surface area contributed by atoms with Gasteiger partial charge in [0.05, 0.1) is 18.0 Å². The van der Waals surface area contributed by atoms with Gasteiger partial charge < -0.3 is 14.7 Å². The van der Waals surface area contributed by atoms with Crippen molar-refractivity contribution < 1.29 is 19.4 Å². The lowest BCUT2D eigenvalue weighted by Gasteiger charge is -2.17. The number of benzene rings is 3. The molecule has 1 aliphatic rings. The van der Waals surface area contributed by atoms with E-state index in [1.807, 2.05) is 30.3 Å². The number of rotatable bonds is 7. The molecular weight excluding hydrogens is 414 g/mol. The highest BCUT2D eigenvalue weighted by Crippen LogP contribution is 2.38. The van der Waals surface area contributed by atoms with Crippen molar-refractivity contribution in [1.29, 1.82) is 0 Å². The first-order valence-corrected chi connectivity index (χ1v) is 10.3. The lowest BCUT2D eigenvalue weighted by atomic mass is 9.96. The molecule has 4 rings (SSSR count). The molecule has 1 radical (unpaired) electrons. The molecule has 1 amide bonds. The summed E-state index contributed by atoms with van der Waals surface area (Å²) in [5, 5.41) is 9.84. The fraction of sp³-hybridized carbons (Fsp3) is 0.160. The average Bonchev–Trinajstić information content (AvgIpc) is 3.13. The Labute approximate surface area is 185 Å². The van der Waals surface area contributed by atoms with Gasteiger partial charge in [-0.3, -0.25) is 9.59 Å². The molecule has 1 aliphatic heterocycles. The van der Waals surface area contributed by atoms with Gasteiger partial charge >= 0.3 is 5.97 Å². The topological polar surface area (TPSA) is 66.8 Å². The molecule has 0 saturated heterocycles. The van der Waals surface area contributed by atoms with Crippen LogP contribution >= 0.6 is 11.6 Å². The Morgan fingerprint density at radius 3 is 2.45 bits per heavy atom. The number of halogens is 1. The van der Waals surface area contributed by atoms with Crippen molar-refractivity contribution in [2.24, 2.45) is 0 Å². The van der Waals surface area contributed by atoms with Crippen LogP contribution in [0.5, 0.6) is 5.75 Å². The molecule has 31 heavy (non-hydrogen) atoms. The van der Waals surface area contributed by atoms with Crippen molar-refractivity contribution in [2.45, 2.75) is 25.5 Å². The summed E-state index contributed by atoms with van der Waals surface area (Å²) in [6, 6.07) is 20.2. The van der Waals surface area contributed by atoms with Gasteiger partial charge in [0.1, 0.15) is 12.4 Å². The second kappa shape index (κ2) is 8.82. The number of anilines is 1. The smallest absolute Gasteiger partial charge is 0.310 e. The van der Waals surface area contributed by atoms with Crippen molar-refractivity contribution >= 4 is 29.2 Å². The number of carboxylic acid groups (broad SMARTS) is 1. The molecule has 3 aromatic rings. The molecule has 6 heteroatoms. The number of fused-ring (bicyclic) bond motifs is 1. The highest BCUT2D eigenvalue weighted by molar-refractivity contribution is 6.32. The summed E-state index contributed by atoms with van der Waals surface area (Å²) in [7, 11) is 0. The minimum atomic E-state index is -0.917. The molecule has 1 atom stereocenters. The van der Waals surface area contributed by atoms with E-state index in [-0.39, 0.29) is 12.3 Å². The fourth-order valence-electron chi connectivity index (χ4n) is 3.74. The number of nitrogens with zero attached hydrogens (tertiary/aromatic N) is 1. The first-order chi connectivity index (χ1) is 15.0. The molecule has 0 fully saturated rings. The molecule has 0 saturated carbocycles. The van der Waals surface area contributed by atoms with Gasteiger partial charge in [-0.05, 0) is 41.8 Å². The number of amides is 1. The number of ether oxygens (including phenoxy) is 1. The van der Waals surface area contributed by atoms with Gasteiger partial charge in [-0.15, -0.1) is 0 Å². The number of carboxylic acids is 1. The van der Waals surface area contributed by atoms with E-state index in [2.05, 4.69) is 6.92 Å². The zero-order valence-corrected chi connectivity index (χ0v) is 17.5. The van der Waals surface area contributed by atoms with Crippen molar-refractivity contribution in [3.8, 4) is 5.75 Å². The number of carbonyl (C=O) groups excluding carboxylic acids is 1. The summed E-state index contributed by atoms with van der Waals surface area (Å²) in [5.74, 6) is -1.29. The van der Waals surface area contributed by atoms with E-state index in [9.17, 15) is 14.7 Å². The summed E-state index contributed by atoms with van der Waals surface area (Å²) in [6.07, 6.45) is 0.250. The summed E-state index contributed by atoms with van der Waals surface area (Å²) in [4.78, 5) is 26.2. The van der Waals surface area contributed by atoms with Crippen LogP contribution in [0.4, 0.5) is 5.69 Å². The standard InChI is InChI=1S/C25H21ClNO4/c1-2-19(25(29)30)17-8-10-18(11-9-17)27-14-20-21(26)12-13-22(23(20)24(27)28)31-15-16-6-4-3-5-7-16/h3-13,19H,1-2,14-15H2,(H,29,30). The molecule has 0 aromatic heterocycles. The van der Waals surface area contributed by atoms with Crippen molar-refractivity contribution in [3.05, 3.63) is 101 Å². The maximum Gasteiger partial charge on any atom is 0.310 e. The van der Waals surface area contributed by atoms with Gasteiger partial charge in [0.15, 0.2) is 0 Å². The van der Waals surface area contributed by atoms with E-state index < -0.39 is 11.9 Å². The molecule has 0 bridgehead atoms. The Kier molecular flexibility index (Phi) is 5.96. The van der Waals surface area contributed by atoms with Gasteiger partial charge in [-0.2, -0.15) is 0 Å². The van der Waals surface area contributed by atoms with E-state index in [0.717, 1.165) is 11.1 Å². The van der Waals surface area contributed by atoms with Crippen LogP contribution in [0.1, 0.15) is 39.4 Å². The SMILES string of the molecule is [CH2]CC(C(=O)O)c1ccc(N2Cc3c(Cl)ccc(OCc4ccccc4)c3C2=O)cc1. The van der Waals surface area contributed by atoms with Gasteiger partial charge in [0, 0.05) is 16.3 Å². The predicted octanol–water partition coefficient (Wildman–Crippen LogP) is 5.47. The molecular formula is C25H21ClNO4. The van der Waals surface area contributed by atoms with Crippen LogP contribution in [0.25, 0.3) is 0 Å². The molecule has 1 N–H and O–H groups in total. The fourth-order valence-corrected chi connectivity index (χ4v) is 3.96. The maximum absolute atomic E-state index is 13.2. The number of hydrogen-bond acceptors (Lipinski definition) is 3. The van der Waals surface area contributed by atoms with Gasteiger partial charge in [0.2, 0.25) is 0 Å². The third-order valence-corrected chi connectivity index (χ3v) is 5.78. The molecule has 0 spiro atoms. The molecule has 1 unspecified atom stereocenters. The minimum Gasteiger partial charge on any atom is -0.488 e. The zero-order chi connectivity index (χ0) is 22.0. The largest absolute Gasteiger partial charge is 0.488 e. The Hall–Kier alpha value is -3.31. The van der Waals surface area contributed by atoms with Crippen molar-refractivity contribution in [2.75, 3.05) is 4.90 Å². The number of aliphatic carboxylic acids is 1. The Bertz CT molecular complexity index is 1110. The summed E-state index contributed by atoms with van der Waals surface area (Å²) >= 11 is 6.39. The third kappa shape index (κ3) is 4.14. The Morgan fingerprint density at radius 1 is 1.10 bits per heavy atom. The van der Waals surface area contributed by atoms with Crippen LogP contribution in [0, 0.1) is 6.92 Å².